The summed E-state index contributed by atoms with van der Waals surface area (Å²) in [4.78, 5) is 13.1. The van der Waals surface area contributed by atoms with E-state index >= 15 is 0 Å². The lowest BCUT2D eigenvalue weighted by Gasteiger charge is -2.40. The van der Waals surface area contributed by atoms with E-state index in [-0.39, 0.29) is 12.5 Å². The summed E-state index contributed by atoms with van der Waals surface area (Å²) in [6.07, 6.45) is 86.6. The third-order valence-electron chi connectivity index (χ3n) is 16.7. The Hall–Kier alpha value is -2.89. The summed E-state index contributed by atoms with van der Waals surface area (Å²) >= 11 is 0. The van der Waals surface area contributed by atoms with Crippen molar-refractivity contribution in [1.82, 2.24) is 5.32 Å². The molecule has 0 saturated carbocycles. The molecule has 85 heavy (non-hydrogen) atoms. The second-order valence-electron chi connectivity index (χ2n) is 24.7. The molecule has 1 aliphatic heterocycles. The van der Waals surface area contributed by atoms with Gasteiger partial charge in [0.05, 0.1) is 25.4 Å². The Morgan fingerprint density at radius 3 is 1.08 bits per heavy atom. The molecule has 0 radical (unpaired) electrons. The molecule has 1 aliphatic rings. The summed E-state index contributed by atoms with van der Waals surface area (Å²) in [5.74, 6) is -0.174. The van der Waals surface area contributed by atoms with E-state index in [1.807, 2.05) is 6.08 Å². The largest absolute Gasteiger partial charge is 0.394 e. The minimum Gasteiger partial charge on any atom is -0.394 e. The van der Waals surface area contributed by atoms with E-state index in [1.54, 1.807) is 6.08 Å². The molecule has 0 spiro atoms. The number of carbonyl (C=O) groups excluding carboxylic acids is 1. The number of unbranched alkanes of at least 4 members (excludes halogenated alkanes) is 38. The Morgan fingerprint density at radius 2 is 0.729 bits per heavy atom. The van der Waals surface area contributed by atoms with Crippen LogP contribution >= 0.6 is 0 Å². The van der Waals surface area contributed by atoms with Gasteiger partial charge >= 0.3 is 0 Å². The van der Waals surface area contributed by atoms with Crippen molar-refractivity contribution in [3.8, 4) is 0 Å². The second-order valence-corrected chi connectivity index (χ2v) is 24.7. The van der Waals surface area contributed by atoms with Crippen LogP contribution in [0.1, 0.15) is 322 Å². The first-order valence-corrected chi connectivity index (χ1v) is 36.0. The summed E-state index contributed by atoms with van der Waals surface area (Å²) in [6, 6.07) is -0.809. The summed E-state index contributed by atoms with van der Waals surface area (Å²) in [7, 11) is 0. The maximum absolute atomic E-state index is 13.1. The zero-order valence-electron chi connectivity index (χ0n) is 55.1. The molecular weight excluding hydrogens is 1050 g/mol. The summed E-state index contributed by atoms with van der Waals surface area (Å²) in [5, 5.41) is 54.8. The van der Waals surface area contributed by atoms with Gasteiger partial charge < -0.3 is 40.3 Å². The fraction of sp³-hybridized carbons (Fsp3) is 0.776. The van der Waals surface area contributed by atoms with E-state index in [0.717, 1.165) is 83.5 Å². The lowest BCUT2D eigenvalue weighted by molar-refractivity contribution is -0.302. The lowest BCUT2D eigenvalue weighted by Crippen LogP contribution is -2.60. The molecule has 1 saturated heterocycles. The van der Waals surface area contributed by atoms with Gasteiger partial charge in [0.1, 0.15) is 24.4 Å². The first-order valence-electron chi connectivity index (χ1n) is 36.0. The molecule has 1 heterocycles. The standard InChI is InChI=1S/C76H135NO8/c1-3-5-7-9-11-13-15-17-19-21-23-25-26-27-28-29-30-31-32-33-34-35-36-37-38-39-40-41-42-43-44-46-48-50-52-54-56-58-60-62-64-66-72(80)77-69(68-84-76-75(83)74(82)73(81)71(67-78)85-76)70(79)65-63-61-59-57-55-53-51-49-47-45-24-22-20-18-16-14-12-10-8-6-4-2/h5,7,11,13,17,19,23,25,27-28,30-31,33-34,63,65,69-71,73-76,78-79,81-83H,3-4,6,8-10,12,14-16,18,20-22,24,26,29,32,35-62,64,66-68H2,1-2H3,(H,77,80)/b7-5-,13-11-,19-17-,25-23-,28-27-,31-30-,34-33-,65-63+. The molecule has 7 atom stereocenters. The monoisotopic (exact) mass is 1190 g/mol. The molecule has 6 N–H and O–H groups in total. The predicted molar refractivity (Wildman–Crippen MR) is 364 cm³/mol. The van der Waals surface area contributed by atoms with Crippen molar-refractivity contribution in [3.63, 3.8) is 0 Å². The number of nitrogens with one attached hydrogen (secondary N) is 1. The van der Waals surface area contributed by atoms with Crippen molar-refractivity contribution in [2.75, 3.05) is 13.2 Å². The van der Waals surface area contributed by atoms with Gasteiger partial charge in [0.2, 0.25) is 5.91 Å². The summed E-state index contributed by atoms with van der Waals surface area (Å²) < 4.78 is 11.3. The van der Waals surface area contributed by atoms with Crippen LogP contribution in [0.25, 0.3) is 0 Å². The van der Waals surface area contributed by atoms with Crippen LogP contribution in [0.3, 0.4) is 0 Å². The average Bonchev–Trinajstić information content (AvgIpc) is 3.68. The minimum atomic E-state index is -1.57. The van der Waals surface area contributed by atoms with Crippen molar-refractivity contribution in [1.29, 1.82) is 0 Å². The fourth-order valence-corrected chi connectivity index (χ4v) is 11.1. The maximum Gasteiger partial charge on any atom is 0.220 e. The number of rotatable bonds is 62. The summed E-state index contributed by atoms with van der Waals surface area (Å²) in [5.41, 5.74) is 0. The van der Waals surface area contributed by atoms with Crippen LogP contribution in [0.5, 0.6) is 0 Å². The van der Waals surface area contributed by atoms with Crippen LogP contribution in [-0.2, 0) is 14.3 Å². The van der Waals surface area contributed by atoms with Crippen LogP contribution in [0.2, 0.25) is 0 Å². The van der Waals surface area contributed by atoms with Crippen LogP contribution in [-0.4, -0.2) is 87.5 Å². The molecular formula is C76H135NO8. The van der Waals surface area contributed by atoms with Gasteiger partial charge in [-0.2, -0.15) is 0 Å². The first-order chi connectivity index (χ1) is 41.8. The molecule has 0 aromatic heterocycles. The number of ether oxygens (including phenoxy) is 2. The zero-order chi connectivity index (χ0) is 61.4. The fourth-order valence-electron chi connectivity index (χ4n) is 11.1. The van der Waals surface area contributed by atoms with E-state index in [1.165, 1.54) is 218 Å². The molecule has 9 nitrogen and oxygen atoms in total. The highest BCUT2D eigenvalue weighted by molar-refractivity contribution is 5.76. The van der Waals surface area contributed by atoms with Crippen molar-refractivity contribution in [3.05, 3.63) is 97.2 Å². The highest BCUT2D eigenvalue weighted by Gasteiger charge is 2.44. The Morgan fingerprint density at radius 1 is 0.412 bits per heavy atom. The molecule has 0 aromatic carbocycles. The smallest absolute Gasteiger partial charge is 0.220 e. The molecule has 0 aliphatic carbocycles. The lowest BCUT2D eigenvalue weighted by atomic mass is 9.99. The van der Waals surface area contributed by atoms with Crippen LogP contribution in [0.4, 0.5) is 0 Å². The Bertz CT molecular complexity index is 1670. The number of amides is 1. The SMILES string of the molecule is CC/C=C\C/C=C\C/C=C\C/C=C\C/C=C\C/C=C\C/C=C\CCCCCCCCCCCCCCCCCCCCCC(=O)NC(COC1OC(CO)C(O)C(O)C1O)C(O)/C=C/CCCCCCCCCCCCCCCCCCCCC. The average molecular weight is 1190 g/mol. The highest BCUT2D eigenvalue weighted by Crippen LogP contribution is 2.23. The topological polar surface area (TPSA) is 149 Å². The minimum absolute atomic E-state index is 0.174. The molecule has 1 amide bonds. The Labute approximate surface area is 523 Å². The van der Waals surface area contributed by atoms with Gasteiger partial charge in [-0.1, -0.05) is 336 Å². The third-order valence-corrected chi connectivity index (χ3v) is 16.7. The second kappa shape index (κ2) is 64.1. The van der Waals surface area contributed by atoms with E-state index in [4.69, 9.17) is 9.47 Å². The van der Waals surface area contributed by atoms with Crippen molar-refractivity contribution in [2.45, 2.75) is 365 Å². The van der Waals surface area contributed by atoms with Crippen molar-refractivity contribution < 1.29 is 39.8 Å². The molecule has 0 bridgehead atoms. The number of hydrogen-bond donors (Lipinski definition) is 6. The van der Waals surface area contributed by atoms with Crippen molar-refractivity contribution in [2.24, 2.45) is 0 Å². The number of aliphatic hydroxyl groups is 5. The summed E-state index contributed by atoms with van der Waals surface area (Å²) in [6.45, 7) is 3.70. The van der Waals surface area contributed by atoms with E-state index in [2.05, 4.69) is 104 Å². The van der Waals surface area contributed by atoms with Crippen molar-refractivity contribution >= 4 is 5.91 Å². The van der Waals surface area contributed by atoms with Gasteiger partial charge in [-0.05, 0) is 77.0 Å². The Kier molecular flexibility index (Phi) is 60.4. The van der Waals surface area contributed by atoms with E-state index in [9.17, 15) is 30.3 Å². The van der Waals surface area contributed by atoms with E-state index < -0.39 is 49.5 Å². The first kappa shape index (κ1) is 80.1. The predicted octanol–water partition coefficient (Wildman–Crippen LogP) is 19.9. The number of hydrogen-bond acceptors (Lipinski definition) is 8. The van der Waals surface area contributed by atoms with Gasteiger partial charge in [0, 0.05) is 6.42 Å². The van der Waals surface area contributed by atoms with Crippen LogP contribution in [0, 0.1) is 0 Å². The highest BCUT2D eigenvalue weighted by atomic mass is 16.7. The maximum atomic E-state index is 13.1. The normalized spacial score (nSPS) is 18.7. The van der Waals surface area contributed by atoms with E-state index in [0.29, 0.717) is 6.42 Å². The molecule has 492 valence electrons. The molecule has 1 rings (SSSR count). The number of aliphatic hydroxyl groups excluding tert-OH is 5. The zero-order valence-corrected chi connectivity index (χ0v) is 55.1. The van der Waals surface area contributed by atoms with Gasteiger partial charge in [-0.15, -0.1) is 0 Å². The van der Waals surface area contributed by atoms with Crippen LogP contribution < -0.4 is 5.32 Å². The Balaban J connectivity index is 2.08. The van der Waals surface area contributed by atoms with Gasteiger partial charge in [-0.3, -0.25) is 4.79 Å². The van der Waals surface area contributed by atoms with Gasteiger partial charge in [-0.25, -0.2) is 0 Å². The number of allylic oxidation sites excluding steroid dienone is 15. The molecule has 9 heteroatoms. The molecule has 1 fully saturated rings. The van der Waals surface area contributed by atoms with Gasteiger partial charge in [0.25, 0.3) is 0 Å². The molecule has 7 unspecified atom stereocenters. The molecule has 0 aromatic rings. The third kappa shape index (κ3) is 52.7. The van der Waals surface area contributed by atoms with Crippen LogP contribution in [0.15, 0.2) is 97.2 Å². The number of carbonyl (C=O) groups is 1. The van der Waals surface area contributed by atoms with Gasteiger partial charge in [0.15, 0.2) is 6.29 Å². The quantitative estimate of drug-likeness (QED) is 0.0261.